The highest BCUT2D eigenvalue weighted by Crippen LogP contribution is 2.22. The van der Waals surface area contributed by atoms with E-state index in [9.17, 15) is 9.18 Å². The van der Waals surface area contributed by atoms with Crippen molar-refractivity contribution in [2.45, 2.75) is 11.8 Å². The fraction of sp³-hybridized carbons (Fsp3) is 0.0714. The molecule has 0 aliphatic heterocycles. The van der Waals surface area contributed by atoms with E-state index >= 15 is 0 Å². The zero-order valence-corrected chi connectivity index (χ0v) is 12.6. The molecule has 0 bridgehead atoms. The number of rotatable bonds is 2. The number of carbonyl (C=O) groups excluding carboxylic acids is 1. The maximum Gasteiger partial charge on any atom is 0.256 e. The van der Waals surface area contributed by atoms with Crippen LogP contribution < -0.4 is 5.32 Å². The van der Waals surface area contributed by atoms with Crippen molar-refractivity contribution in [1.82, 2.24) is 0 Å². The van der Waals surface area contributed by atoms with Crippen molar-refractivity contribution in [2.24, 2.45) is 0 Å². The van der Waals surface area contributed by atoms with Crippen LogP contribution in [0.1, 0.15) is 15.9 Å². The van der Waals surface area contributed by atoms with Gasteiger partial charge in [0.15, 0.2) is 0 Å². The highest BCUT2D eigenvalue weighted by molar-refractivity contribution is 9.10. The summed E-state index contributed by atoms with van der Waals surface area (Å²) in [5, 5.41) is 2.68. The third kappa shape index (κ3) is 3.36. The van der Waals surface area contributed by atoms with Crippen LogP contribution in [0.25, 0.3) is 0 Å². The van der Waals surface area contributed by atoms with Crippen LogP contribution in [0.15, 0.2) is 45.8 Å². The van der Waals surface area contributed by atoms with Crippen LogP contribution in [0.4, 0.5) is 10.1 Å². The van der Waals surface area contributed by atoms with Crippen LogP contribution in [0.3, 0.4) is 0 Å². The Morgan fingerprint density at radius 3 is 2.68 bits per heavy atom. The Kier molecular flexibility index (Phi) is 4.27. The van der Waals surface area contributed by atoms with Gasteiger partial charge in [-0.3, -0.25) is 4.79 Å². The molecule has 0 aliphatic rings. The minimum atomic E-state index is -0.386. The lowest BCUT2D eigenvalue weighted by Gasteiger charge is -2.10. The summed E-state index contributed by atoms with van der Waals surface area (Å²) in [6.45, 7) is 1.80. The molecule has 0 atom stereocenters. The van der Waals surface area contributed by atoms with Gasteiger partial charge in [0.2, 0.25) is 0 Å². The second-order valence-electron chi connectivity index (χ2n) is 4.07. The van der Waals surface area contributed by atoms with Crippen LogP contribution >= 0.6 is 28.6 Å². The standard InChI is InChI=1S/C14H11BrFNOS/c1-8-2-4-10(16)7-12(8)17-14(18)11-5-3-9(15)6-13(11)19/h2-7,19H,1H3,(H,17,18). The maximum atomic E-state index is 13.2. The van der Waals surface area contributed by atoms with Crippen molar-refractivity contribution in [3.8, 4) is 0 Å². The van der Waals surface area contributed by atoms with Crippen LogP contribution in [0, 0.1) is 12.7 Å². The molecule has 0 fully saturated rings. The monoisotopic (exact) mass is 339 g/mol. The van der Waals surface area contributed by atoms with Crippen molar-refractivity contribution in [3.05, 3.63) is 57.8 Å². The third-order valence-electron chi connectivity index (χ3n) is 2.65. The van der Waals surface area contributed by atoms with Gasteiger partial charge >= 0.3 is 0 Å². The summed E-state index contributed by atoms with van der Waals surface area (Å²) in [5.74, 6) is -0.700. The molecule has 0 heterocycles. The van der Waals surface area contributed by atoms with E-state index in [2.05, 4.69) is 33.9 Å². The van der Waals surface area contributed by atoms with E-state index in [1.54, 1.807) is 31.2 Å². The summed E-state index contributed by atoms with van der Waals surface area (Å²) in [6.07, 6.45) is 0. The topological polar surface area (TPSA) is 29.1 Å². The molecule has 0 aliphatic carbocycles. The fourth-order valence-corrected chi connectivity index (χ4v) is 2.47. The number of benzene rings is 2. The Bertz CT molecular complexity index is 645. The van der Waals surface area contributed by atoms with E-state index < -0.39 is 0 Å². The van der Waals surface area contributed by atoms with Crippen molar-refractivity contribution in [3.63, 3.8) is 0 Å². The first-order valence-corrected chi connectivity index (χ1v) is 6.77. The predicted molar refractivity (Wildman–Crippen MR) is 80.5 cm³/mol. The quantitative estimate of drug-likeness (QED) is 0.778. The van der Waals surface area contributed by atoms with E-state index in [-0.39, 0.29) is 11.7 Å². The van der Waals surface area contributed by atoms with Gasteiger partial charge in [-0.05, 0) is 42.8 Å². The van der Waals surface area contributed by atoms with Gasteiger partial charge in [-0.1, -0.05) is 22.0 Å². The molecule has 1 amide bonds. The van der Waals surface area contributed by atoms with Gasteiger partial charge in [0.1, 0.15) is 5.82 Å². The third-order valence-corrected chi connectivity index (χ3v) is 3.52. The first kappa shape index (κ1) is 14.1. The minimum Gasteiger partial charge on any atom is -0.322 e. The first-order chi connectivity index (χ1) is 8.97. The highest BCUT2D eigenvalue weighted by Gasteiger charge is 2.11. The van der Waals surface area contributed by atoms with E-state index in [1.165, 1.54) is 12.1 Å². The summed E-state index contributed by atoms with van der Waals surface area (Å²) in [6, 6.07) is 9.42. The minimum absolute atomic E-state index is 0.314. The molecule has 0 unspecified atom stereocenters. The molecule has 0 aromatic heterocycles. The average molecular weight is 340 g/mol. The molecule has 0 saturated heterocycles. The van der Waals surface area contributed by atoms with E-state index in [4.69, 9.17) is 0 Å². The number of thiol groups is 1. The fourth-order valence-electron chi connectivity index (χ4n) is 1.62. The molecule has 0 spiro atoms. The summed E-state index contributed by atoms with van der Waals surface area (Å²) < 4.78 is 14.0. The molecule has 0 radical (unpaired) electrons. The highest BCUT2D eigenvalue weighted by atomic mass is 79.9. The Balaban J connectivity index is 2.28. The second kappa shape index (κ2) is 5.75. The summed E-state index contributed by atoms with van der Waals surface area (Å²) in [5.41, 5.74) is 1.70. The van der Waals surface area contributed by atoms with E-state index in [0.29, 0.717) is 16.1 Å². The zero-order valence-electron chi connectivity index (χ0n) is 10.1. The van der Waals surface area contributed by atoms with Gasteiger partial charge in [-0.25, -0.2) is 4.39 Å². The van der Waals surface area contributed by atoms with Gasteiger partial charge in [-0.15, -0.1) is 12.6 Å². The van der Waals surface area contributed by atoms with Gasteiger partial charge in [0.05, 0.1) is 5.56 Å². The Hall–Kier alpha value is -1.33. The number of nitrogens with one attached hydrogen (secondary N) is 1. The molecule has 5 heteroatoms. The zero-order chi connectivity index (χ0) is 14.0. The van der Waals surface area contributed by atoms with Crippen LogP contribution in [0.5, 0.6) is 0 Å². The molecule has 2 rings (SSSR count). The number of aryl methyl sites for hydroxylation is 1. The predicted octanol–water partition coefficient (Wildman–Crippen LogP) is 4.44. The van der Waals surface area contributed by atoms with Crippen LogP contribution in [-0.4, -0.2) is 5.91 Å². The summed E-state index contributed by atoms with van der Waals surface area (Å²) in [4.78, 5) is 12.7. The molecule has 0 saturated carbocycles. The number of amides is 1. The summed E-state index contributed by atoms with van der Waals surface area (Å²) >= 11 is 7.56. The van der Waals surface area contributed by atoms with Gasteiger partial charge in [-0.2, -0.15) is 0 Å². The average Bonchev–Trinajstić information content (AvgIpc) is 2.33. The summed E-state index contributed by atoms with van der Waals surface area (Å²) in [7, 11) is 0. The largest absolute Gasteiger partial charge is 0.322 e. The molecule has 19 heavy (non-hydrogen) atoms. The normalized spacial score (nSPS) is 10.3. The number of carbonyl (C=O) groups is 1. The van der Waals surface area contributed by atoms with E-state index in [0.717, 1.165) is 10.0 Å². The SMILES string of the molecule is Cc1ccc(F)cc1NC(=O)c1ccc(Br)cc1S. The van der Waals surface area contributed by atoms with Gasteiger partial charge < -0.3 is 5.32 Å². The second-order valence-corrected chi connectivity index (χ2v) is 5.47. The molecule has 1 N–H and O–H groups in total. The van der Waals surface area contributed by atoms with Crippen LogP contribution in [0.2, 0.25) is 0 Å². The molecular weight excluding hydrogens is 329 g/mol. The molecule has 2 aromatic rings. The van der Waals surface area contributed by atoms with Crippen molar-refractivity contribution in [2.75, 3.05) is 5.32 Å². The van der Waals surface area contributed by atoms with Crippen molar-refractivity contribution in [1.29, 1.82) is 0 Å². The maximum absolute atomic E-state index is 13.2. The van der Waals surface area contributed by atoms with Crippen LogP contribution in [-0.2, 0) is 0 Å². The lowest BCUT2D eigenvalue weighted by molar-refractivity contribution is 0.102. The lowest BCUT2D eigenvalue weighted by Crippen LogP contribution is -2.13. The number of hydrogen-bond acceptors (Lipinski definition) is 2. The number of halogens is 2. The lowest BCUT2D eigenvalue weighted by atomic mass is 10.1. The molecular formula is C14H11BrFNOS. The van der Waals surface area contributed by atoms with Gasteiger partial charge in [0, 0.05) is 15.1 Å². The molecule has 98 valence electrons. The molecule has 2 aromatic carbocycles. The van der Waals surface area contributed by atoms with Gasteiger partial charge in [0.25, 0.3) is 5.91 Å². The van der Waals surface area contributed by atoms with Crippen molar-refractivity contribution >= 4 is 40.2 Å². The molecule has 2 nitrogen and oxygen atoms in total. The number of anilines is 1. The Morgan fingerprint density at radius 2 is 2.00 bits per heavy atom. The van der Waals surface area contributed by atoms with E-state index in [1.807, 2.05) is 0 Å². The smallest absolute Gasteiger partial charge is 0.256 e. The number of hydrogen-bond donors (Lipinski definition) is 2. The Labute approximate surface area is 124 Å². The Morgan fingerprint density at radius 1 is 1.26 bits per heavy atom. The van der Waals surface area contributed by atoms with Crippen molar-refractivity contribution < 1.29 is 9.18 Å². The first-order valence-electron chi connectivity index (χ1n) is 5.53.